The van der Waals surface area contributed by atoms with E-state index >= 15 is 0 Å². The van der Waals surface area contributed by atoms with Gasteiger partial charge in [0.15, 0.2) is 0 Å². The van der Waals surface area contributed by atoms with Gasteiger partial charge in [0, 0.05) is 5.41 Å². The molecule has 0 bridgehead atoms. The average Bonchev–Trinajstić information content (AvgIpc) is 3.13. The maximum atomic E-state index is 14.6. The van der Waals surface area contributed by atoms with Crippen LogP contribution in [0.3, 0.4) is 0 Å². The van der Waals surface area contributed by atoms with Crippen molar-refractivity contribution in [2.45, 2.75) is 33.3 Å². The van der Waals surface area contributed by atoms with Gasteiger partial charge < -0.3 is 4.74 Å². The molecule has 1 aliphatic carbocycles. The van der Waals surface area contributed by atoms with E-state index in [0.717, 1.165) is 22.3 Å². The summed E-state index contributed by atoms with van der Waals surface area (Å²) >= 11 is 5.43. The molecule has 2 aromatic rings. The van der Waals surface area contributed by atoms with Gasteiger partial charge in [-0.15, -0.1) is 6.58 Å². The van der Waals surface area contributed by atoms with Crippen LogP contribution in [0.2, 0.25) is 0 Å². The molecular weight excluding hydrogens is 366 g/mol. The molecule has 2 aromatic carbocycles. The fourth-order valence-corrected chi connectivity index (χ4v) is 4.81. The van der Waals surface area contributed by atoms with Crippen molar-refractivity contribution in [3.8, 4) is 11.1 Å². The summed E-state index contributed by atoms with van der Waals surface area (Å²) in [7, 11) is 0. The molecule has 27 heavy (non-hydrogen) atoms. The van der Waals surface area contributed by atoms with Crippen molar-refractivity contribution < 1.29 is 13.5 Å². The largest absolute Gasteiger partial charge is 0.361 e. The van der Waals surface area contributed by atoms with Crippen LogP contribution in [0.5, 0.6) is 0 Å². The normalized spacial score (nSPS) is 23.9. The van der Waals surface area contributed by atoms with Gasteiger partial charge in [0.1, 0.15) is 6.07 Å². The van der Waals surface area contributed by atoms with Gasteiger partial charge in [0.2, 0.25) is 0 Å². The van der Waals surface area contributed by atoms with Crippen molar-refractivity contribution in [2.24, 2.45) is 16.7 Å². The Hall–Kier alpha value is -1.71. The van der Waals surface area contributed by atoms with E-state index in [9.17, 15) is 8.78 Å². The average molecular weight is 391 g/mol. The summed E-state index contributed by atoms with van der Waals surface area (Å²) in [5.41, 5.74) is 3.00. The third-order valence-electron chi connectivity index (χ3n) is 6.31. The van der Waals surface area contributed by atoms with Crippen molar-refractivity contribution in [3.63, 3.8) is 0 Å². The zero-order chi connectivity index (χ0) is 19.9. The minimum atomic E-state index is -3.29. The highest BCUT2D eigenvalue weighted by atomic mass is 35.5. The molecule has 1 saturated carbocycles. The standard InChI is InChI=1S/C23H25ClF2O/c1-5-22(20(21(22,3)4)23(25,26)27-15-24)14-18-12-9-13-19(16(18)2)17-10-7-6-8-11-17/h5-13,20H,1,14-15H2,2-4H3. The van der Waals surface area contributed by atoms with E-state index in [4.69, 9.17) is 11.6 Å². The van der Waals surface area contributed by atoms with E-state index in [1.54, 1.807) is 6.08 Å². The number of rotatable bonds is 7. The van der Waals surface area contributed by atoms with Crippen LogP contribution in [0.15, 0.2) is 61.2 Å². The summed E-state index contributed by atoms with van der Waals surface area (Å²) in [4.78, 5) is 0. The lowest BCUT2D eigenvalue weighted by Gasteiger charge is -2.21. The lowest BCUT2D eigenvalue weighted by atomic mass is 9.85. The Morgan fingerprint density at radius 3 is 2.41 bits per heavy atom. The minimum Gasteiger partial charge on any atom is -0.304 e. The van der Waals surface area contributed by atoms with Crippen LogP contribution in [-0.4, -0.2) is 12.2 Å². The summed E-state index contributed by atoms with van der Waals surface area (Å²) in [5, 5.41) is 0. The van der Waals surface area contributed by atoms with E-state index < -0.39 is 28.9 Å². The third-order valence-corrected chi connectivity index (χ3v) is 6.42. The smallest absolute Gasteiger partial charge is 0.304 e. The number of ether oxygens (including phenoxy) is 1. The van der Waals surface area contributed by atoms with Crippen LogP contribution < -0.4 is 0 Å². The van der Waals surface area contributed by atoms with Gasteiger partial charge in [-0.2, -0.15) is 8.78 Å². The van der Waals surface area contributed by atoms with E-state index in [1.165, 1.54) is 0 Å². The Morgan fingerprint density at radius 1 is 1.15 bits per heavy atom. The number of hydrogen-bond acceptors (Lipinski definition) is 1. The molecule has 1 nitrogen and oxygen atoms in total. The lowest BCUT2D eigenvalue weighted by Crippen LogP contribution is -2.27. The third kappa shape index (κ3) is 3.21. The first-order valence-corrected chi connectivity index (χ1v) is 9.60. The van der Waals surface area contributed by atoms with E-state index in [-0.39, 0.29) is 0 Å². The van der Waals surface area contributed by atoms with Crippen LogP contribution in [0.25, 0.3) is 11.1 Å². The van der Waals surface area contributed by atoms with Crippen molar-refractivity contribution in [2.75, 3.05) is 6.07 Å². The Bertz CT molecular complexity index is 832. The van der Waals surface area contributed by atoms with E-state index in [2.05, 4.69) is 29.5 Å². The Labute approximate surface area is 165 Å². The molecule has 3 rings (SSSR count). The highest BCUT2D eigenvalue weighted by Gasteiger charge is 2.78. The van der Waals surface area contributed by atoms with Crippen molar-refractivity contribution >= 4 is 11.6 Å². The predicted octanol–water partition coefficient (Wildman–Crippen LogP) is 6.84. The predicted molar refractivity (Wildman–Crippen MR) is 107 cm³/mol. The summed E-state index contributed by atoms with van der Waals surface area (Å²) in [6.07, 6.45) is -1.12. The van der Waals surface area contributed by atoms with Crippen molar-refractivity contribution in [1.82, 2.24) is 0 Å². The number of halogens is 3. The first kappa shape index (κ1) is 20.0. The Kier molecular flexibility index (Phi) is 5.22. The van der Waals surface area contributed by atoms with Gasteiger partial charge in [-0.1, -0.05) is 80.1 Å². The van der Waals surface area contributed by atoms with E-state index in [0.29, 0.717) is 6.42 Å². The van der Waals surface area contributed by atoms with Crippen molar-refractivity contribution in [3.05, 3.63) is 72.3 Å². The second kappa shape index (κ2) is 7.03. The lowest BCUT2D eigenvalue weighted by molar-refractivity contribution is -0.250. The number of hydrogen-bond donors (Lipinski definition) is 0. The van der Waals surface area contributed by atoms with Crippen LogP contribution in [-0.2, 0) is 11.2 Å². The molecule has 0 N–H and O–H groups in total. The molecule has 144 valence electrons. The highest BCUT2D eigenvalue weighted by Crippen LogP contribution is 2.75. The summed E-state index contributed by atoms with van der Waals surface area (Å²) in [6.45, 7) is 9.64. The molecule has 0 heterocycles. The topological polar surface area (TPSA) is 9.23 Å². The first-order chi connectivity index (χ1) is 12.7. The van der Waals surface area contributed by atoms with Gasteiger partial charge in [0.25, 0.3) is 0 Å². The number of alkyl halides is 3. The zero-order valence-corrected chi connectivity index (χ0v) is 16.7. The Morgan fingerprint density at radius 2 is 1.81 bits per heavy atom. The van der Waals surface area contributed by atoms with Crippen LogP contribution in [0.1, 0.15) is 25.0 Å². The molecule has 1 aliphatic rings. The summed E-state index contributed by atoms with van der Waals surface area (Å²) in [6, 6.07) is 15.6. The molecule has 0 aromatic heterocycles. The summed E-state index contributed by atoms with van der Waals surface area (Å²) in [5.74, 6) is -0.964. The van der Waals surface area contributed by atoms with Gasteiger partial charge >= 0.3 is 6.11 Å². The second-order valence-electron chi connectivity index (χ2n) is 7.85. The van der Waals surface area contributed by atoms with Gasteiger partial charge in [-0.25, -0.2) is 0 Å². The molecule has 0 amide bonds. The first-order valence-electron chi connectivity index (χ1n) is 9.06. The van der Waals surface area contributed by atoms with Crippen LogP contribution >= 0.6 is 11.6 Å². The van der Waals surface area contributed by atoms with Gasteiger partial charge in [0.05, 0.1) is 5.92 Å². The molecule has 0 radical (unpaired) electrons. The molecule has 2 unspecified atom stereocenters. The maximum Gasteiger partial charge on any atom is 0.361 e. The molecule has 0 spiro atoms. The molecule has 0 aliphatic heterocycles. The fourth-order valence-electron chi connectivity index (χ4n) is 4.67. The number of benzene rings is 2. The molecule has 1 fully saturated rings. The molecule has 0 saturated heterocycles. The fraction of sp³-hybridized carbons (Fsp3) is 0.391. The quantitative estimate of drug-likeness (QED) is 0.371. The van der Waals surface area contributed by atoms with Crippen LogP contribution in [0, 0.1) is 23.7 Å². The van der Waals surface area contributed by atoms with Gasteiger partial charge in [-0.3, -0.25) is 0 Å². The Balaban J connectivity index is 1.98. The SMILES string of the molecule is C=CC1(Cc2cccc(-c3ccccc3)c2C)C(C(F)(F)OCCl)C1(C)C. The highest BCUT2D eigenvalue weighted by molar-refractivity contribution is 6.17. The zero-order valence-electron chi connectivity index (χ0n) is 15.9. The minimum absolute atomic E-state index is 0.488. The molecule has 4 heteroatoms. The van der Waals surface area contributed by atoms with Crippen molar-refractivity contribution in [1.29, 1.82) is 0 Å². The second-order valence-corrected chi connectivity index (χ2v) is 8.07. The molecule has 2 atom stereocenters. The van der Waals surface area contributed by atoms with E-state index in [1.807, 2.05) is 51.1 Å². The van der Waals surface area contributed by atoms with Gasteiger partial charge in [-0.05, 0) is 41.0 Å². The van der Waals surface area contributed by atoms with Crippen LogP contribution in [0.4, 0.5) is 8.78 Å². The number of allylic oxidation sites excluding steroid dienone is 1. The molecular formula is C23H25ClF2O. The monoisotopic (exact) mass is 390 g/mol. The maximum absolute atomic E-state index is 14.6. The summed E-state index contributed by atoms with van der Waals surface area (Å²) < 4.78 is 33.8.